The molecule has 4 rings (SSSR count). The molecule has 2 amide bonds. The minimum Gasteiger partial charge on any atom is -0.612 e. The summed E-state index contributed by atoms with van der Waals surface area (Å²) in [6, 6.07) is 14.6. The Morgan fingerprint density at radius 3 is 2.54 bits per heavy atom. The van der Waals surface area contributed by atoms with Crippen LogP contribution in [-0.2, 0) is 17.7 Å². The number of hydrogen-bond acceptors (Lipinski definition) is 4. The van der Waals surface area contributed by atoms with Gasteiger partial charge in [0.05, 0.1) is 18.3 Å². The molecule has 0 saturated carbocycles. The molecule has 2 atom stereocenters. The van der Waals surface area contributed by atoms with Crippen LogP contribution in [0.1, 0.15) is 24.1 Å². The van der Waals surface area contributed by atoms with Crippen molar-refractivity contribution in [1.82, 2.24) is 14.9 Å². The number of benzene rings is 1. The van der Waals surface area contributed by atoms with E-state index in [1.165, 1.54) is 0 Å². The predicted octanol–water partition coefficient (Wildman–Crippen LogP) is 4.05. The number of fused-ring (bicyclic) bond motifs is 1. The van der Waals surface area contributed by atoms with E-state index in [1.54, 1.807) is 41.9 Å². The van der Waals surface area contributed by atoms with Gasteiger partial charge >= 0.3 is 6.03 Å². The molecule has 0 spiro atoms. The van der Waals surface area contributed by atoms with Gasteiger partial charge in [0, 0.05) is 24.2 Å². The normalized spacial score (nSPS) is 15.9. The summed E-state index contributed by atoms with van der Waals surface area (Å²) in [4.78, 5) is 26.2. The van der Waals surface area contributed by atoms with Gasteiger partial charge in [0.25, 0.3) is 0 Å². The van der Waals surface area contributed by atoms with Crippen LogP contribution in [0.15, 0.2) is 72.0 Å². The summed E-state index contributed by atoms with van der Waals surface area (Å²) in [5.74, 6) is 0.632. The van der Waals surface area contributed by atoms with Crippen molar-refractivity contribution in [2.24, 2.45) is 0 Å². The van der Waals surface area contributed by atoms with Gasteiger partial charge in [0.1, 0.15) is 12.1 Å². The Labute approximate surface area is 167 Å². The van der Waals surface area contributed by atoms with E-state index in [9.17, 15) is 9.35 Å². The number of hydrogen-bond donors (Lipinski definition) is 0. The molecule has 0 bridgehead atoms. The van der Waals surface area contributed by atoms with Crippen LogP contribution >= 0.6 is 0 Å². The number of amides is 2. The number of nitrogens with zero attached hydrogens (tertiary/aromatic N) is 4. The first-order valence-electron chi connectivity index (χ1n) is 8.94. The van der Waals surface area contributed by atoms with E-state index in [0.29, 0.717) is 18.1 Å². The van der Waals surface area contributed by atoms with E-state index < -0.39 is 11.2 Å². The highest BCUT2D eigenvalue weighted by atomic mass is 32.2. The molecule has 3 aromatic rings. The minimum absolute atomic E-state index is 0.139. The molecule has 0 fully saturated rings. The van der Waals surface area contributed by atoms with Crippen LogP contribution in [0.3, 0.4) is 0 Å². The average Bonchev–Trinajstić information content (AvgIpc) is 2.73. The third-order valence-corrected chi connectivity index (χ3v) is 5.85. The highest BCUT2D eigenvalue weighted by molar-refractivity contribution is 7.90. The Morgan fingerprint density at radius 2 is 1.86 bits per heavy atom. The molecule has 2 aromatic heterocycles. The Bertz CT molecular complexity index is 979. The molecule has 7 heteroatoms. The lowest BCUT2D eigenvalue weighted by atomic mass is 10.1. The van der Waals surface area contributed by atoms with E-state index >= 15 is 0 Å². The molecule has 0 aliphatic carbocycles. The molecule has 1 aliphatic rings. The molecule has 1 aliphatic heterocycles. The van der Waals surface area contributed by atoms with Crippen molar-refractivity contribution in [3.8, 4) is 0 Å². The van der Waals surface area contributed by atoms with Crippen molar-refractivity contribution in [3.63, 3.8) is 0 Å². The summed E-state index contributed by atoms with van der Waals surface area (Å²) < 4.78 is 11.7. The fourth-order valence-corrected chi connectivity index (χ4v) is 3.87. The zero-order valence-corrected chi connectivity index (χ0v) is 16.5. The lowest BCUT2D eigenvalue weighted by molar-refractivity contribution is 0.180. The van der Waals surface area contributed by atoms with Crippen LogP contribution in [0.4, 0.5) is 16.3 Å². The maximum absolute atomic E-state index is 13.5. The van der Waals surface area contributed by atoms with E-state index in [4.69, 9.17) is 0 Å². The number of carbonyl (C=O) groups excluding carboxylic acids is 1. The Balaban J connectivity index is 1.75. The second-order valence-electron chi connectivity index (χ2n) is 6.64. The Morgan fingerprint density at radius 1 is 1.11 bits per heavy atom. The number of aromatic nitrogens is 2. The summed E-state index contributed by atoms with van der Waals surface area (Å²) in [5, 5.41) is 0. The maximum atomic E-state index is 13.5. The Kier molecular flexibility index (Phi) is 5.02. The number of pyridine rings is 2. The first kappa shape index (κ1) is 18.5. The predicted molar refractivity (Wildman–Crippen MR) is 109 cm³/mol. The smallest absolute Gasteiger partial charge is 0.331 e. The monoisotopic (exact) mass is 392 g/mol. The zero-order chi connectivity index (χ0) is 19.7. The quantitative estimate of drug-likeness (QED) is 0.628. The molecule has 28 heavy (non-hydrogen) atoms. The van der Waals surface area contributed by atoms with Crippen LogP contribution in [0.25, 0.3) is 0 Å². The van der Waals surface area contributed by atoms with Crippen LogP contribution in [0, 0.1) is 0 Å². The molecular weight excluding hydrogens is 372 g/mol. The summed E-state index contributed by atoms with van der Waals surface area (Å²) in [6.45, 7) is 2.48. The molecule has 2 unspecified atom stereocenters. The number of rotatable bonds is 4. The largest absolute Gasteiger partial charge is 0.612 e. The third kappa shape index (κ3) is 3.34. The topological polar surface area (TPSA) is 72.4 Å². The van der Waals surface area contributed by atoms with Crippen molar-refractivity contribution in [3.05, 3.63) is 78.2 Å². The number of anilines is 2. The Hall–Kier alpha value is -2.90. The van der Waals surface area contributed by atoms with E-state index in [0.717, 1.165) is 16.0 Å². The summed E-state index contributed by atoms with van der Waals surface area (Å²) in [7, 11) is 0. The van der Waals surface area contributed by atoms with Gasteiger partial charge in [0.2, 0.25) is 0 Å². The van der Waals surface area contributed by atoms with Crippen molar-refractivity contribution in [1.29, 1.82) is 0 Å². The van der Waals surface area contributed by atoms with Gasteiger partial charge in [-0.3, -0.25) is 4.98 Å². The lowest BCUT2D eigenvalue weighted by Gasteiger charge is -2.39. The standard InChI is InChI=1S/C21H20N4O2S/c1-15(16-5-3-11-22-13-16)24-14-17-6-4-12-23-20(17)25(21(24)26)18-7-9-19(10-8-18)28(2)27/h3-13,15H,14H2,1-2H3. The third-order valence-electron chi connectivity index (χ3n) is 4.92. The van der Waals surface area contributed by atoms with Gasteiger partial charge in [0.15, 0.2) is 4.90 Å². The van der Waals surface area contributed by atoms with Crippen molar-refractivity contribution in [2.75, 3.05) is 11.2 Å². The molecule has 0 N–H and O–H groups in total. The summed E-state index contributed by atoms with van der Waals surface area (Å²) >= 11 is -1.07. The highest BCUT2D eigenvalue weighted by Gasteiger charge is 2.35. The number of carbonyl (C=O) groups is 1. The lowest BCUT2D eigenvalue weighted by Crippen LogP contribution is -2.46. The van der Waals surface area contributed by atoms with Crippen molar-refractivity contribution >= 4 is 28.7 Å². The van der Waals surface area contributed by atoms with Crippen LogP contribution in [0.2, 0.25) is 0 Å². The van der Waals surface area contributed by atoms with Gasteiger partial charge in [-0.2, -0.15) is 0 Å². The molecule has 0 radical (unpaired) electrons. The van der Waals surface area contributed by atoms with Crippen LogP contribution in [-0.4, -0.2) is 31.7 Å². The van der Waals surface area contributed by atoms with Gasteiger partial charge in [-0.05, 0) is 60.1 Å². The number of urea groups is 1. The summed E-state index contributed by atoms with van der Waals surface area (Å²) in [6.07, 6.45) is 6.83. The van der Waals surface area contributed by atoms with Gasteiger partial charge in [-0.1, -0.05) is 12.1 Å². The van der Waals surface area contributed by atoms with Crippen molar-refractivity contribution in [2.45, 2.75) is 24.4 Å². The van der Waals surface area contributed by atoms with E-state index in [-0.39, 0.29) is 12.1 Å². The van der Waals surface area contributed by atoms with E-state index in [2.05, 4.69) is 9.97 Å². The van der Waals surface area contributed by atoms with E-state index in [1.807, 2.05) is 48.2 Å². The fourth-order valence-electron chi connectivity index (χ4n) is 3.35. The molecule has 1 aromatic carbocycles. The maximum Gasteiger partial charge on any atom is 0.331 e. The second kappa shape index (κ2) is 7.61. The molecule has 142 valence electrons. The van der Waals surface area contributed by atoms with Crippen molar-refractivity contribution < 1.29 is 9.35 Å². The highest BCUT2D eigenvalue weighted by Crippen LogP contribution is 2.36. The first-order chi connectivity index (χ1) is 13.6. The van der Waals surface area contributed by atoms with Crippen LogP contribution in [0.5, 0.6) is 0 Å². The zero-order valence-electron chi connectivity index (χ0n) is 15.6. The average molecular weight is 392 g/mol. The summed E-state index contributed by atoms with van der Waals surface area (Å²) in [5.41, 5.74) is 2.64. The van der Waals surface area contributed by atoms with Gasteiger partial charge < -0.3 is 9.45 Å². The second-order valence-corrected chi connectivity index (χ2v) is 8.02. The fraction of sp³-hybridized carbons (Fsp3) is 0.190. The van der Waals surface area contributed by atoms with Gasteiger partial charge in [-0.25, -0.2) is 14.7 Å². The molecular formula is C21H20N4O2S. The van der Waals surface area contributed by atoms with Gasteiger partial charge in [-0.15, -0.1) is 0 Å². The molecule has 0 saturated heterocycles. The molecule has 3 heterocycles. The first-order valence-corrected chi connectivity index (χ1v) is 10.5. The van der Waals surface area contributed by atoms with Crippen LogP contribution < -0.4 is 4.90 Å². The molecule has 6 nitrogen and oxygen atoms in total. The minimum atomic E-state index is -1.07. The SMILES string of the molecule is CC(c1cccnc1)N1Cc2cccnc2N(c2ccc([S+](C)[O-])cc2)C1=O.